The molecule has 0 saturated heterocycles. The van der Waals surface area contributed by atoms with Gasteiger partial charge in [0.1, 0.15) is 5.56 Å². The van der Waals surface area contributed by atoms with E-state index in [9.17, 15) is 14.4 Å². The van der Waals surface area contributed by atoms with Crippen molar-refractivity contribution in [3.63, 3.8) is 0 Å². The van der Waals surface area contributed by atoms with Crippen molar-refractivity contribution in [2.24, 2.45) is 0 Å². The Kier molecular flexibility index (Phi) is 5.08. The van der Waals surface area contributed by atoms with Crippen molar-refractivity contribution in [2.45, 2.75) is 20.4 Å². The van der Waals surface area contributed by atoms with E-state index in [0.717, 1.165) is 4.88 Å². The smallest absolute Gasteiger partial charge is 0.344 e. The van der Waals surface area contributed by atoms with E-state index in [1.165, 1.54) is 22.8 Å². The molecular weight excluding hydrogens is 356 g/mol. The number of fused-ring (bicyclic) bond motifs is 1. The number of thiophene rings is 1. The third-order valence-electron chi connectivity index (χ3n) is 3.56. The van der Waals surface area contributed by atoms with Gasteiger partial charge in [-0.15, -0.1) is 11.3 Å². The second-order valence-electron chi connectivity index (χ2n) is 5.52. The molecule has 9 heteroatoms. The minimum absolute atomic E-state index is 0.141. The minimum Gasteiger partial charge on any atom is -0.454 e. The number of esters is 1. The summed E-state index contributed by atoms with van der Waals surface area (Å²) in [6, 6.07) is 5.11. The highest BCUT2D eigenvalue weighted by atomic mass is 32.1. The summed E-state index contributed by atoms with van der Waals surface area (Å²) in [6.07, 6.45) is 3.24. The van der Waals surface area contributed by atoms with E-state index >= 15 is 0 Å². The van der Waals surface area contributed by atoms with Gasteiger partial charge in [-0.3, -0.25) is 9.59 Å². The van der Waals surface area contributed by atoms with Gasteiger partial charge in [-0.2, -0.15) is 5.10 Å². The van der Waals surface area contributed by atoms with Crippen molar-refractivity contribution < 1.29 is 19.1 Å². The Morgan fingerprint density at radius 1 is 1.31 bits per heavy atom. The lowest BCUT2D eigenvalue weighted by Crippen LogP contribution is -2.18. The quantitative estimate of drug-likeness (QED) is 0.523. The number of nitrogens with zero attached hydrogens (tertiary/aromatic N) is 3. The van der Waals surface area contributed by atoms with E-state index in [-0.39, 0.29) is 23.9 Å². The average Bonchev–Trinajstić information content (AvgIpc) is 3.21. The Morgan fingerprint density at radius 2 is 2.12 bits per heavy atom. The van der Waals surface area contributed by atoms with Crippen LogP contribution in [0.4, 0.5) is 0 Å². The molecular formula is C17H16N4O4S. The molecule has 134 valence electrons. The summed E-state index contributed by atoms with van der Waals surface area (Å²) in [5.41, 5.74) is 1.11. The van der Waals surface area contributed by atoms with Crippen molar-refractivity contribution in [3.8, 4) is 0 Å². The van der Waals surface area contributed by atoms with E-state index < -0.39 is 5.97 Å². The lowest BCUT2D eigenvalue weighted by atomic mass is 10.2. The Bertz CT molecular complexity index is 992. The van der Waals surface area contributed by atoms with Crippen LogP contribution in [0.3, 0.4) is 0 Å². The fourth-order valence-electron chi connectivity index (χ4n) is 2.34. The van der Waals surface area contributed by atoms with Crippen molar-refractivity contribution >= 4 is 34.6 Å². The molecule has 0 fully saturated rings. The predicted octanol–water partition coefficient (Wildman–Crippen LogP) is 1.78. The van der Waals surface area contributed by atoms with Crippen LogP contribution >= 0.6 is 11.3 Å². The van der Waals surface area contributed by atoms with Crippen LogP contribution in [0, 0.1) is 6.92 Å². The van der Waals surface area contributed by atoms with Gasteiger partial charge in [0.05, 0.1) is 17.1 Å². The Labute approximate surface area is 152 Å². The highest BCUT2D eigenvalue weighted by molar-refractivity contribution is 7.14. The van der Waals surface area contributed by atoms with Gasteiger partial charge in [-0.05, 0) is 25.1 Å². The number of hydrogen-bond donors (Lipinski definition) is 1. The normalized spacial score (nSPS) is 10.7. The number of nitrogens with one attached hydrogen (secondary N) is 1. The van der Waals surface area contributed by atoms with Gasteiger partial charge >= 0.3 is 5.97 Å². The van der Waals surface area contributed by atoms with Crippen LogP contribution in [0.1, 0.15) is 37.5 Å². The van der Waals surface area contributed by atoms with Gasteiger partial charge in [0.25, 0.3) is 0 Å². The maximum atomic E-state index is 12.3. The van der Waals surface area contributed by atoms with Crippen LogP contribution in [0.15, 0.2) is 30.6 Å². The molecule has 3 aromatic heterocycles. The molecule has 0 aliphatic rings. The van der Waals surface area contributed by atoms with Crippen molar-refractivity contribution in [2.75, 3.05) is 6.61 Å². The summed E-state index contributed by atoms with van der Waals surface area (Å²) >= 11 is 1.25. The first-order valence-corrected chi connectivity index (χ1v) is 8.61. The number of aromatic nitrogens is 3. The van der Waals surface area contributed by atoms with E-state index in [2.05, 4.69) is 15.4 Å². The van der Waals surface area contributed by atoms with Crippen LogP contribution in [0.25, 0.3) is 5.65 Å². The summed E-state index contributed by atoms with van der Waals surface area (Å²) in [4.78, 5) is 40.9. The Morgan fingerprint density at radius 3 is 2.88 bits per heavy atom. The number of carbonyl (C=O) groups is 3. The van der Waals surface area contributed by atoms with E-state index in [1.807, 2.05) is 0 Å². The number of hydrogen-bond acceptors (Lipinski definition) is 7. The zero-order chi connectivity index (χ0) is 18.7. The highest BCUT2D eigenvalue weighted by Crippen LogP contribution is 2.18. The zero-order valence-corrected chi connectivity index (χ0v) is 15.0. The summed E-state index contributed by atoms with van der Waals surface area (Å²) in [5, 5.41) is 6.86. The monoisotopic (exact) mass is 372 g/mol. The molecule has 0 aromatic carbocycles. The van der Waals surface area contributed by atoms with Gasteiger partial charge in [-0.1, -0.05) is 0 Å². The molecule has 0 bridgehead atoms. The summed E-state index contributed by atoms with van der Waals surface area (Å²) in [7, 11) is 0. The molecule has 0 radical (unpaired) electrons. The number of rotatable bonds is 6. The molecule has 0 atom stereocenters. The standard InChI is InChI=1S/C17H16N4O4S/c1-10-15(16-18-6-3-7-21(16)20-10)17(24)25-9-13(23)14-5-4-12(26-14)8-19-11(2)22/h3-7H,8-9H2,1-2H3,(H,19,22). The molecule has 26 heavy (non-hydrogen) atoms. The van der Waals surface area contributed by atoms with Crippen molar-refractivity contribution in [1.82, 2.24) is 19.9 Å². The van der Waals surface area contributed by atoms with Crippen LogP contribution < -0.4 is 5.32 Å². The Balaban J connectivity index is 1.65. The first kappa shape index (κ1) is 17.7. The molecule has 3 rings (SSSR count). The number of ether oxygens (including phenoxy) is 1. The molecule has 3 aromatic rings. The van der Waals surface area contributed by atoms with Gasteiger partial charge < -0.3 is 10.1 Å². The third kappa shape index (κ3) is 3.77. The van der Waals surface area contributed by atoms with E-state index in [1.54, 1.807) is 37.5 Å². The van der Waals surface area contributed by atoms with Crippen molar-refractivity contribution in [3.05, 3.63) is 51.6 Å². The predicted molar refractivity (Wildman–Crippen MR) is 94.2 cm³/mol. The van der Waals surface area contributed by atoms with Crippen molar-refractivity contribution in [1.29, 1.82) is 0 Å². The van der Waals surface area contributed by atoms with Crippen LogP contribution in [0.5, 0.6) is 0 Å². The average molecular weight is 372 g/mol. The number of carbonyl (C=O) groups excluding carboxylic acids is 3. The van der Waals surface area contributed by atoms with E-state index in [0.29, 0.717) is 22.8 Å². The zero-order valence-electron chi connectivity index (χ0n) is 14.2. The summed E-state index contributed by atoms with van der Waals surface area (Å²) in [6.45, 7) is 3.10. The first-order chi connectivity index (χ1) is 12.5. The second kappa shape index (κ2) is 7.44. The maximum Gasteiger partial charge on any atom is 0.344 e. The van der Waals surface area contributed by atoms with Crippen LogP contribution in [-0.2, 0) is 16.1 Å². The van der Waals surface area contributed by atoms with Gasteiger partial charge in [0.15, 0.2) is 12.3 Å². The molecule has 1 amide bonds. The van der Waals surface area contributed by atoms with E-state index in [4.69, 9.17) is 4.74 Å². The topological polar surface area (TPSA) is 103 Å². The molecule has 0 spiro atoms. The van der Waals surface area contributed by atoms with Gasteiger partial charge in [-0.25, -0.2) is 14.3 Å². The minimum atomic E-state index is -0.639. The van der Waals surface area contributed by atoms with Crippen LogP contribution in [0.2, 0.25) is 0 Å². The van der Waals surface area contributed by atoms with Gasteiger partial charge in [0, 0.05) is 24.2 Å². The lowest BCUT2D eigenvalue weighted by Gasteiger charge is -2.03. The first-order valence-electron chi connectivity index (χ1n) is 7.79. The molecule has 8 nitrogen and oxygen atoms in total. The van der Waals surface area contributed by atoms with Gasteiger partial charge in [0.2, 0.25) is 11.7 Å². The van der Waals surface area contributed by atoms with Crippen LogP contribution in [-0.4, -0.2) is 38.9 Å². The fourth-order valence-corrected chi connectivity index (χ4v) is 3.22. The molecule has 0 aliphatic heterocycles. The fraction of sp³-hybridized carbons (Fsp3) is 0.235. The Hall–Kier alpha value is -3.07. The molecule has 0 aliphatic carbocycles. The maximum absolute atomic E-state index is 12.3. The SMILES string of the molecule is CC(=O)NCc1ccc(C(=O)COC(=O)c2c(C)nn3cccnc23)s1. The third-order valence-corrected chi connectivity index (χ3v) is 4.68. The molecule has 0 unspecified atom stereocenters. The number of amides is 1. The highest BCUT2D eigenvalue weighted by Gasteiger charge is 2.21. The number of aryl methyl sites for hydroxylation is 1. The molecule has 3 heterocycles. The molecule has 1 N–H and O–H groups in total. The summed E-state index contributed by atoms with van der Waals surface area (Å²) in [5.74, 6) is -1.09. The largest absolute Gasteiger partial charge is 0.454 e. The number of ketones is 1. The lowest BCUT2D eigenvalue weighted by molar-refractivity contribution is -0.119. The second-order valence-corrected chi connectivity index (χ2v) is 6.69. The molecule has 0 saturated carbocycles. The summed E-state index contributed by atoms with van der Waals surface area (Å²) < 4.78 is 6.64. The number of Topliss-reactive ketones (excluding diaryl/α,β-unsaturated/α-hetero) is 1.